The second-order valence-electron chi connectivity index (χ2n) is 6.75. The first-order valence-corrected chi connectivity index (χ1v) is 10.4. The summed E-state index contributed by atoms with van der Waals surface area (Å²) in [5.74, 6) is -0.230. The molecule has 138 valence electrons. The predicted octanol–water partition coefficient (Wildman–Crippen LogP) is 5.51. The van der Waals surface area contributed by atoms with Gasteiger partial charge in [-0.1, -0.05) is 12.1 Å². The Labute approximate surface area is 168 Å². The zero-order valence-electron chi connectivity index (χ0n) is 15.2. The van der Waals surface area contributed by atoms with Gasteiger partial charge in [0.25, 0.3) is 5.91 Å². The summed E-state index contributed by atoms with van der Waals surface area (Å²) in [5.41, 5.74) is 10.4. The van der Waals surface area contributed by atoms with Crippen molar-refractivity contribution in [2.75, 3.05) is 11.1 Å². The quantitative estimate of drug-likeness (QED) is 0.406. The number of nitrogens with one attached hydrogen (secondary N) is 1. The monoisotopic (exact) mass is 404 g/mol. The molecule has 3 N–H and O–H groups in total. The summed E-state index contributed by atoms with van der Waals surface area (Å²) >= 11 is 2.95. The predicted molar refractivity (Wildman–Crippen MR) is 119 cm³/mol. The molecule has 0 aliphatic rings. The molecular weight excluding hydrogens is 388 g/mol. The molecule has 0 radical (unpaired) electrons. The lowest BCUT2D eigenvalue weighted by molar-refractivity contribution is 0.103. The average Bonchev–Trinajstić information content (AvgIpc) is 3.18. The molecule has 28 heavy (non-hydrogen) atoms. The number of fused-ring (bicyclic) bond motifs is 3. The fourth-order valence-electron chi connectivity index (χ4n) is 3.28. The van der Waals surface area contributed by atoms with E-state index in [9.17, 15) is 4.79 Å². The fraction of sp³-hybridized carbons (Fsp3) is 0.0952. The SMILES string of the molecule is Cc1ccc2cc3c(N)c(C(=O)Nc4ccc5sc(C)nc5c4)sc3nc2c1. The number of thiophene rings is 1. The van der Waals surface area contributed by atoms with Crippen LogP contribution in [0, 0.1) is 13.8 Å². The minimum atomic E-state index is -0.230. The molecule has 0 aliphatic carbocycles. The Morgan fingerprint density at radius 2 is 1.86 bits per heavy atom. The van der Waals surface area contributed by atoms with Gasteiger partial charge in [0.15, 0.2) is 0 Å². The molecule has 5 nitrogen and oxygen atoms in total. The third kappa shape index (κ3) is 2.80. The Morgan fingerprint density at radius 3 is 2.71 bits per heavy atom. The van der Waals surface area contributed by atoms with Crippen LogP contribution in [-0.2, 0) is 0 Å². The minimum Gasteiger partial charge on any atom is -0.397 e. The smallest absolute Gasteiger partial charge is 0.267 e. The number of nitrogen functional groups attached to an aromatic ring is 1. The maximum Gasteiger partial charge on any atom is 0.267 e. The zero-order chi connectivity index (χ0) is 19.4. The van der Waals surface area contributed by atoms with E-state index in [0.717, 1.165) is 41.9 Å². The van der Waals surface area contributed by atoms with Crippen molar-refractivity contribution in [2.45, 2.75) is 13.8 Å². The minimum absolute atomic E-state index is 0.230. The van der Waals surface area contributed by atoms with Gasteiger partial charge < -0.3 is 11.1 Å². The van der Waals surface area contributed by atoms with E-state index in [1.54, 1.807) is 11.3 Å². The molecular formula is C21H16N4OS2. The van der Waals surface area contributed by atoms with Crippen LogP contribution in [0.5, 0.6) is 0 Å². The third-order valence-corrected chi connectivity index (χ3v) is 6.70. The Kier molecular flexibility index (Phi) is 3.82. The zero-order valence-corrected chi connectivity index (χ0v) is 16.9. The number of aryl methyl sites for hydroxylation is 2. The number of pyridine rings is 1. The summed E-state index contributed by atoms with van der Waals surface area (Å²) in [6.07, 6.45) is 0. The van der Waals surface area contributed by atoms with E-state index >= 15 is 0 Å². The highest BCUT2D eigenvalue weighted by atomic mass is 32.1. The summed E-state index contributed by atoms with van der Waals surface area (Å²) in [6, 6.07) is 13.9. The molecule has 0 aliphatic heterocycles. The van der Waals surface area contributed by atoms with Gasteiger partial charge >= 0.3 is 0 Å². The number of rotatable bonds is 2. The number of benzene rings is 2. The van der Waals surface area contributed by atoms with Crippen molar-refractivity contribution >= 4 is 71.3 Å². The first-order chi connectivity index (χ1) is 13.5. The maximum absolute atomic E-state index is 12.9. The number of carbonyl (C=O) groups is 1. The van der Waals surface area contributed by atoms with Crippen molar-refractivity contribution in [2.24, 2.45) is 0 Å². The summed E-state index contributed by atoms with van der Waals surface area (Å²) in [7, 11) is 0. The van der Waals surface area contributed by atoms with Crippen LogP contribution in [0.15, 0.2) is 42.5 Å². The van der Waals surface area contributed by atoms with E-state index in [0.29, 0.717) is 16.3 Å². The van der Waals surface area contributed by atoms with E-state index in [4.69, 9.17) is 10.7 Å². The first-order valence-electron chi connectivity index (χ1n) is 8.76. The number of aromatic nitrogens is 2. The summed E-state index contributed by atoms with van der Waals surface area (Å²) in [5, 5.41) is 5.77. The van der Waals surface area contributed by atoms with Crippen LogP contribution < -0.4 is 11.1 Å². The Bertz CT molecular complexity index is 1400. The highest BCUT2D eigenvalue weighted by molar-refractivity contribution is 7.21. The van der Waals surface area contributed by atoms with Crippen molar-refractivity contribution in [3.63, 3.8) is 0 Å². The molecule has 0 saturated heterocycles. The van der Waals surface area contributed by atoms with Crippen molar-refractivity contribution < 1.29 is 4.79 Å². The van der Waals surface area contributed by atoms with Crippen LogP contribution >= 0.6 is 22.7 Å². The fourth-order valence-corrected chi connectivity index (χ4v) is 5.07. The van der Waals surface area contributed by atoms with Crippen LogP contribution in [0.1, 0.15) is 20.2 Å². The Morgan fingerprint density at radius 1 is 1.00 bits per heavy atom. The van der Waals surface area contributed by atoms with Crippen molar-refractivity contribution in [3.05, 3.63) is 57.9 Å². The van der Waals surface area contributed by atoms with Crippen LogP contribution in [-0.4, -0.2) is 15.9 Å². The normalized spacial score (nSPS) is 11.5. The van der Waals surface area contributed by atoms with Gasteiger partial charge in [-0.05, 0) is 49.7 Å². The standard InChI is InChI=1S/C21H16N4OS2/c1-10-3-4-12-8-14-18(22)19(28-21(14)25-15(12)7-10)20(26)24-13-5-6-17-16(9-13)23-11(2)27-17/h3-9H,22H2,1-2H3,(H,24,26). The molecule has 0 fully saturated rings. The van der Waals surface area contributed by atoms with Gasteiger partial charge in [0.05, 0.1) is 26.4 Å². The summed E-state index contributed by atoms with van der Waals surface area (Å²) in [6.45, 7) is 4.01. The van der Waals surface area contributed by atoms with E-state index < -0.39 is 0 Å². The van der Waals surface area contributed by atoms with Crippen LogP contribution in [0.3, 0.4) is 0 Å². The van der Waals surface area contributed by atoms with E-state index in [1.165, 1.54) is 11.3 Å². The first kappa shape index (κ1) is 17.1. The maximum atomic E-state index is 12.9. The molecule has 5 rings (SSSR count). The number of amides is 1. The molecule has 0 spiro atoms. The topological polar surface area (TPSA) is 80.9 Å². The number of hydrogen-bond acceptors (Lipinski definition) is 6. The Hall–Kier alpha value is -3.03. The van der Waals surface area contributed by atoms with Gasteiger partial charge in [-0.25, -0.2) is 9.97 Å². The second-order valence-corrected chi connectivity index (χ2v) is 8.99. The number of nitrogens with zero attached hydrogens (tertiary/aromatic N) is 2. The lowest BCUT2D eigenvalue weighted by Gasteiger charge is -2.04. The number of thiazole rings is 1. The molecule has 1 amide bonds. The van der Waals surface area contributed by atoms with Crippen LogP contribution in [0.25, 0.3) is 31.3 Å². The van der Waals surface area contributed by atoms with E-state index in [-0.39, 0.29) is 5.91 Å². The largest absolute Gasteiger partial charge is 0.397 e. The summed E-state index contributed by atoms with van der Waals surface area (Å²) in [4.78, 5) is 23.3. The lowest BCUT2D eigenvalue weighted by Crippen LogP contribution is -2.11. The number of carbonyl (C=O) groups excluding carboxylic acids is 1. The van der Waals surface area contributed by atoms with Gasteiger partial charge in [-0.3, -0.25) is 4.79 Å². The number of anilines is 2. The van der Waals surface area contributed by atoms with Gasteiger partial charge in [-0.2, -0.15) is 0 Å². The lowest BCUT2D eigenvalue weighted by atomic mass is 10.1. The second kappa shape index (κ2) is 6.25. The van der Waals surface area contributed by atoms with Gasteiger partial charge in [0, 0.05) is 16.5 Å². The third-order valence-electron chi connectivity index (χ3n) is 4.63. The highest BCUT2D eigenvalue weighted by Crippen LogP contribution is 2.35. The highest BCUT2D eigenvalue weighted by Gasteiger charge is 2.18. The molecule has 0 unspecified atom stereocenters. The average molecular weight is 405 g/mol. The molecule has 3 aromatic heterocycles. The molecule has 2 aromatic carbocycles. The molecule has 5 aromatic rings. The van der Waals surface area contributed by atoms with Gasteiger partial charge in [0.2, 0.25) is 0 Å². The number of nitrogens with two attached hydrogens (primary N) is 1. The number of hydrogen-bond donors (Lipinski definition) is 2. The van der Waals surface area contributed by atoms with Gasteiger partial charge in [0.1, 0.15) is 9.71 Å². The van der Waals surface area contributed by atoms with E-state index in [1.807, 2.05) is 56.3 Å². The van der Waals surface area contributed by atoms with E-state index in [2.05, 4.69) is 10.3 Å². The van der Waals surface area contributed by atoms with Crippen molar-refractivity contribution in [1.29, 1.82) is 0 Å². The van der Waals surface area contributed by atoms with Crippen LogP contribution in [0.2, 0.25) is 0 Å². The molecule has 3 heterocycles. The molecule has 0 atom stereocenters. The van der Waals surface area contributed by atoms with Crippen molar-refractivity contribution in [3.8, 4) is 0 Å². The molecule has 7 heteroatoms. The Balaban J connectivity index is 1.54. The van der Waals surface area contributed by atoms with Crippen molar-refractivity contribution in [1.82, 2.24) is 9.97 Å². The molecule has 0 saturated carbocycles. The summed E-state index contributed by atoms with van der Waals surface area (Å²) < 4.78 is 1.10. The van der Waals surface area contributed by atoms with Gasteiger partial charge in [-0.15, -0.1) is 22.7 Å². The van der Waals surface area contributed by atoms with Crippen LogP contribution in [0.4, 0.5) is 11.4 Å². The molecule has 0 bridgehead atoms.